The van der Waals surface area contributed by atoms with Crippen molar-refractivity contribution >= 4 is 23.9 Å². The smallest absolute Gasteiger partial charge is 0.326 e. The van der Waals surface area contributed by atoms with Gasteiger partial charge in [-0.25, -0.2) is 0 Å². The Morgan fingerprint density at radius 2 is 1.69 bits per heavy atom. The van der Waals surface area contributed by atoms with Crippen molar-refractivity contribution in [1.82, 2.24) is 10.6 Å². The lowest BCUT2D eigenvalue weighted by Crippen LogP contribution is -2.38. The number of benzene rings is 2. The zero-order chi connectivity index (χ0) is 21.1. The molecule has 2 amide bonds. The molecule has 2 aromatic carbocycles. The van der Waals surface area contributed by atoms with Crippen molar-refractivity contribution in [2.24, 2.45) is 0 Å². The van der Waals surface area contributed by atoms with Gasteiger partial charge in [0.1, 0.15) is 12.3 Å². The Morgan fingerprint density at radius 3 is 2.34 bits per heavy atom. The first kappa shape index (κ1) is 21.7. The van der Waals surface area contributed by atoms with Crippen molar-refractivity contribution in [1.29, 1.82) is 0 Å². The fourth-order valence-corrected chi connectivity index (χ4v) is 2.32. The van der Waals surface area contributed by atoms with E-state index in [0.717, 1.165) is 16.9 Å². The maximum Gasteiger partial charge on any atom is 0.326 e. The molecule has 0 bridgehead atoms. The summed E-state index contributed by atoms with van der Waals surface area (Å²) in [5.74, 6) is -0.825. The molecule has 29 heavy (non-hydrogen) atoms. The summed E-state index contributed by atoms with van der Waals surface area (Å²) in [4.78, 5) is 35.6. The normalized spacial score (nSPS) is 11.5. The Bertz CT molecular complexity index is 847. The van der Waals surface area contributed by atoms with Crippen LogP contribution in [0.2, 0.25) is 0 Å². The van der Waals surface area contributed by atoms with Gasteiger partial charge in [-0.15, -0.1) is 0 Å². The number of hydrogen-bond donors (Lipinski definition) is 2. The van der Waals surface area contributed by atoms with Crippen LogP contribution in [0.1, 0.15) is 18.1 Å². The number of carbonyl (C=O) groups is 3. The Hall–Kier alpha value is -3.61. The van der Waals surface area contributed by atoms with Crippen molar-refractivity contribution in [3.05, 3.63) is 71.8 Å². The van der Waals surface area contributed by atoms with E-state index in [-0.39, 0.29) is 6.54 Å². The molecule has 2 N–H and O–H groups in total. The first-order valence-corrected chi connectivity index (χ1v) is 9.09. The molecule has 0 radical (unpaired) electrons. The minimum atomic E-state index is -0.975. The molecule has 0 saturated heterocycles. The maximum absolute atomic E-state index is 12.1. The van der Waals surface area contributed by atoms with Gasteiger partial charge >= 0.3 is 5.97 Å². The summed E-state index contributed by atoms with van der Waals surface area (Å²) in [6.45, 7) is 1.44. The SMILES string of the molecule is COc1ccc(CNC(=O)[C@@H](C)OC(=O)CNC(=O)/C=C/c2ccccc2)cc1. The monoisotopic (exact) mass is 396 g/mol. The molecule has 2 rings (SSSR count). The third kappa shape index (κ3) is 7.88. The number of amides is 2. The number of carbonyl (C=O) groups excluding carboxylic acids is 3. The van der Waals surface area contributed by atoms with E-state index >= 15 is 0 Å². The van der Waals surface area contributed by atoms with Crippen LogP contribution in [0.15, 0.2) is 60.7 Å². The number of ether oxygens (including phenoxy) is 2. The van der Waals surface area contributed by atoms with Gasteiger partial charge < -0.3 is 20.1 Å². The summed E-state index contributed by atoms with van der Waals surface area (Å²) in [7, 11) is 1.58. The Kier molecular flexibility index (Phi) is 8.44. The number of esters is 1. The standard InChI is InChI=1S/C22H24N2O5/c1-16(22(27)24-14-18-8-11-19(28-2)12-9-18)29-21(26)15-23-20(25)13-10-17-6-4-3-5-7-17/h3-13,16H,14-15H2,1-2H3,(H,23,25)(H,24,27)/b13-10+/t16-/m1/s1. The van der Waals surface area contributed by atoms with Crippen molar-refractivity contribution < 1.29 is 23.9 Å². The second kappa shape index (κ2) is 11.3. The summed E-state index contributed by atoms with van der Waals surface area (Å²) in [5, 5.41) is 5.11. The minimum Gasteiger partial charge on any atom is -0.497 e. The summed E-state index contributed by atoms with van der Waals surface area (Å²) < 4.78 is 10.1. The number of rotatable bonds is 9. The second-order valence-corrected chi connectivity index (χ2v) is 6.16. The van der Waals surface area contributed by atoms with E-state index < -0.39 is 23.9 Å². The molecule has 0 aromatic heterocycles. The van der Waals surface area contributed by atoms with Gasteiger partial charge in [0.25, 0.3) is 5.91 Å². The minimum absolute atomic E-state index is 0.297. The second-order valence-electron chi connectivity index (χ2n) is 6.16. The lowest BCUT2D eigenvalue weighted by atomic mass is 10.2. The molecule has 0 saturated carbocycles. The molecule has 1 atom stereocenters. The van der Waals surface area contributed by atoms with E-state index in [1.807, 2.05) is 42.5 Å². The zero-order valence-electron chi connectivity index (χ0n) is 16.4. The fourth-order valence-electron chi connectivity index (χ4n) is 2.32. The van der Waals surface area contributed by atoms with Gasteiger partial charge in [-0.2, -0.15) is 0 Å². The predicted molar refractivity (Wildman–Crippen MR) is 109 cm³/mol. The average Bonchev–Trinajstić information content (AvgIpc) is 2.75. The van der Waals surface area contributed by atoms with Crippen LogP contribution >= 0.6 is 0 Å². The molecule has 0 spiro atoms. The van der Waals surface area contributed by atoms with Gasteiger partial charge in [-0.1, -0.05) is 42.5 Å². The van der Waals surface area contributed by atoms with Gasteiger partial charge in [-0.3, -0.25) is 14.4 Å². The van der Waals surface area contributed by atoms with Crippen molar-refractivity contribution in [3.8, 4) is 5.75 Å². The Labute approximate surface area is 169 Å². The Morgan fingerprint density at radius 1 is 1.00 bits per heavy atom. The highest BCUT2D eigenvalue weighted by molar-refractivity contribution is 5.94. The average molecular weight is 396 g/mol. The van der Waals surface area contributed by atoms with Gasteiger partial charge in [0.15, 0.2) is 6.10 Å². The van der Waals surface area contributed by atoms with E-state index in [0.29, 0.717) is 6.54 Å². The molecule has 7 heteroatoms. The first-order valence-electron chi connectivity index (χ1n) is 9.09. The first-order chi connectivity index (χ1) is 14.0. The summed E-state index contributed by atoms with van der Waals surface area (Å²) in [6, 6.07) is 16.5. The lowest BCUT2D eigenvalue weighted by Gasteiger charge is -2.14. The fraction of sp³-hybridized carbons (Fsp3) is 0.227. The summed E-state index contributed by atoms with van der Waals surface area (Å²) in [6.07, 6.45) is 1.99. The van der Waals surface area contributed by atoms with Crippen LogP contribution in [0.4, 0.5) is 0 Å². The molecule has 0 aliphatic rings. The maximum atomic E-state index is 12.1. The van der Waals surface area contributed by atoms with Crippen LogP contribution < -0.4 is 15.4 Å². The number of nitrogens with one attached hydrogen (secondary N) is 2. The quantitative estimate of drug-likeness (QED) is 0.500. The van der Waals surface area contributed by atoms with E-state index in [9.17, 15) is 14.4 Å². The highest BCUT2D eigenvalue weighted by Gasteiger charge is 2.17. The molecular weight excluding hydrogens is 372 g/mol. The van der Waals surface area contributed by atoms with Crippen LogP contribution in [0.3, 0.4) is 0 Å². The van der Waals surface area contributed by atoms with Crippen molar-refractivity contribution in [2.45, 2.75) is 19.6 Å². The number of methoxy groups -OCH3 is 1. The zero-order valence-corrected chi connectivity index (χ0v) is 16.4. The molecule has 0 heterocycles. The topological polar surface area (TPSA) is 93.7 Å². The molecule has 0 aliphatic carbocycles. The van der Waals surface area contributed by atoms with Crippen LogP contribution in [0.25, 0.3) is 6.08 Å². The van der Waals surface area contributed by atoms with Crippen LogP contribution in [-0.4, -0.2) is 37.5 Å². The van der Waals surface area contributed by atoms with Gasteiger partial charge in [-0.05, 0) is 36.3 Å². The van der Waals surface area contributed by atoms with E-state index in [4.69, 9.17) is 9.47 Å². The number of hydrogen-bond acceptors (Lipinski definition) is 5. The summed E-state index contributed by atoms with van der Waals surface area (Å²) in [5.41, 5.74) is 1.75. The van der Waals surface area contributed by atoms with Crippen LogP contribution in [0, 0.1) is 0 Å². The van der Waals surface area contributed by atoms with Gasteiger partial charge in [0.05, 0.1) is 7.11 Å². The van der Waals surface area contributed by atoms with Crippen molar-refractivity contribution in [2.75, 3.05) is 13.7 Å². The predicted octanol–water partition coefficient (Wildman–Crippen LogP) is 2.07. The molecule has 0 fully saturated rings. The molecular formula is C22H24N2O5. The largest absolute Gasteiger partial charge is 0.497 e. The molecule has 2 aromatic rings. The third-order valence-corrected chi connectivity index (χ3v) is 3.94. The van der Waals surface area contributed by atoms with E-state index in [1.165, 1.54) is 13.0 Å². The third-order valence-electron chi connectivity index (χ3n) is 3.94. The highest BCUT2D eigenvalue weighted by atomic mass is 16.5. The van der Waals surface area contributed by atoms with E-state index in [1.54, 1.807) is 25.3 Å². The molecule has 7 nitrogen and oxygen atoms in total. The van der Waals surface area contributed by atoms with E-state index in [2.05, 4.69) is 10.6 Å². The highest BCUT2D eigenvalue weighted by Crippen LogP contribution is 2.11. The van der Waals surface area contributed by atoms with Gasteiger partial charge in [0, 0.05) is 12.6 Å². The van der Waals surface area contributed by atoms with Crippen LogP contribution in [0.5, 0.6) is 5.75 Å². The Balaban J connectivity index is 1.69. The molecule has 0 aliphatic heterocycles. The molecule has 0 unspecified atom stereocenters. The van der Waals surface area contributed by atoms with Gasteiger partial charge in [0.2, 0.25) is 5.91 Å². The lowest BCUT2D eigenvalue weighted by molar-refractivity contribution is -0.154. The summed E-state index contributed by atoms with van der Waals surface area (Å²) >= 11 is 0. The van der Waals surface area contributed by atoms with Crippen LogP contribution in [-0.2, 0) is 25.7 Å². The molecule has 152 valence electrons. The van der Waals surface area contributed by atoms with Crippen molar-refractivity contribution in [3.63, 3.8) is 0 Å².